The van der Waals surface area contributed by atoms with E-state index in [2.05, 4.69) is 26.2 Å². The van der Waals surface area contributed by atoms with E-state index in [1.54, 1.807) is 23.6 Å². The van der Waals surface area contributed by atoms with Crippen LogP contribution in [0.2, 0.25) is 5.02 Å². The number of rotatable bonds is 3. The molecule has 1 aromatic carbocycles. The van der Waals surface area contributed by atoms with Gasteiger partial charge in [-0.05, 0) is 34.1 Å². The number of benzene rings is 1. The first-order chi connectivity index (χ1) is 8.56. The standard InChI is InChI=1S/C11H8BrClN2O2S/c12-9-2-1-6(13)3-8(9)10(16)14-4-7-5-18-11(17)15-7/h1-3,5H,4H2,(H,14,16)(H,15,17). The van der Waals surface area contributed by atoms with Crippen LogP contribution in [0.4, 0.5) is 0 Å². The summed E-state index contributed by atoms with van der Waals surface area (Å²) in [6, 6.07) is 4.99. The van der Waals surface area contributed by atoms with Gasteiger partial charge in [0.15, 0.2) is 0 Å². The summed E-state index contributed by atoms with van der Waals surface area (Å²) in [6.45, 7) is 0.274. The number of carbonyl (C=O) groups is 1. The van der Waals surface area contributed by atoms with Crippen molar-refractivity contribution in [3.05, 3.63) is 54.0 Å². The summed E-state index contributed by atoms with van der Waals surface area (Å²) in [4.78, 5) is 25.3. The average molecular weight is 348 g/mol. The van der Waals surface area contributed by atoms with Crippen molar-refractivity contribution in [1.82, 2.24) is 10.3 Å². The van der Waals surface area contributed by atoms with Gasteiger partial charge in [-0.15, -0.1) is 0 Å². The predicted molar refractivity (Wildman–Crippen MR) is 75.3 cm³/mol. The van der Waals surface area contributed by atoms with Gasteiger partial charge >= 0.3 is 4.87 Å². The second-order valence-electron chi connectivity index (χ2n) is 3.48. The molecule has 7 heteroatoms. The van der Waals surface area contributed by atoms with Crippen LogP contribution in [0.15, 0.2) is 32.8 Å². The molecule has 0 fully saturated rings. The number of hydrogen-bond acceptors (Lipinski definition) is 3. The smallest absolute Gasteiger partial charge is 0.304 e. The lowest BCUT2D eigenvalue weighted by molar-refractivity contribution is 0.0949. The molecule has 0 saturated heterocycles. The van der Waals surface area contributed by atoms with E-state index in [4.69, 9.17) is 11.6 Å². The van der Waals surface area contributed by atoms with Crippen molar-refractivity contribution in [2.24, 2.45) is 0 Å². The van der Waals surface area contributed by atoms with E-state index >= 15 is 0 Å². The van der Waals surface area contributed by atoms with Gasteiger partial charge in [-0.2, -0.15) is 0 Å². The van der Waals surface area contributed by atoms with Crippen molar-refractivity contribution in [1.29, 1.82) is 0 Å². The van der Waals surface area contributed by atoms with E-state index in [0.29, 0.717) is 20.8 Å². The van der Waals surface area contributed by atoms with Crippen LogP contribution in [0.3, 0.4) is 0 Å². The van der Waals surface area contributed by atoms with Crippen LogP contribution in [0.1, 0.15) is 16.1 Å². The highest BCUT2D eigenvalue weighted by Gasteiger charge is 2.10. The van der Waals surface area contributed by atoms with E-state index in [-0.39, 0.29) is 17.3 Å². The molecule has 0 aliphatic rings. The summed E-state index contributed by atoms with van der Waals surface area (Å²) >= 11 is 10.2. The Bertz CT molecular complexity index is 638. The Balaban J connectivity index is 2.08. The molecule has 0 aliphatic carbocycles. The zero-order valence-corrected chi connectivity index (χ0v) is 12.2. The average Bonchev–Trinajstić information content (AvgIpc) is 2.75. The molecule has 0 unspecified atom stereocenters. The minimum Gasteiger partial charge on any atom is -0.346 e. The first kappa shape index (κ1) is 13.3. The summed E-state index contributed by atoms with van der Waals surface area (Å²) in [5.41, 5.74) is 1.14. The summed E-state index contributed by atoms with van der Waals surface area (Å²) in [5, 5.41) is 4.87. The zero-order chi connectivity index (χ0) is 13.1. The van der Waals surface area contributed by atoms with Crippen LogP contribution in [-0.2, 0) is 6.54 Å². The maximum absolute atomic E-state index is 11.9. The number of aromatic amines is 1. The van der Waals surface area contributed by atoms with Gasteiger partial charge in [-0.3, -0.25) is 9.59 Å². The Morgan fingerprint density at radius 1 is 1.50 bits per heavy atom. The van der Waals surface area contributed by atoms with Crippen molar-refractivity contribution >= 4 is 44.8 Å². The maximum Gasteiger partial charge on any atom is 0.304 e. The number of amides is 1. The fraction of sp³-hybridized carbons (Fsp3) is 0.0909. The molecule has 0 aliphatic heterocycles. The van der Waals surface area contributed by atoms with Crippen LogP contribution < -0.4 is 10.2 Å². The number of hydrogen-bond donors (Lipinski definition) is 2. The second-order valence-corrected chi connectivity index (χ2v) is 5.61. The van der Waals surface area contributed by atoms with Gasteiger partial charge in [0.2, 0.25) is 0 Å². The molecule has 2 rings (SSSR count). The maximum atomic E-state index is 11.9. The molecule has 94 valence electrons. The lowest BCUT2D eigenvalue weighted by atomic mass is 10.2. The number of thiazole rings is 1. The van der Waals surface area contributed by atoms with Crippen molar-refractivity contribution in [2.75, 3.05) is 0 Å². The number of halogens is 2. The molecule has 1 amide bonds. The fourth-order valence-corrected chi connectivity index (χ4v) is 2.52. The Hall–Kier alpha value is -1.11. The van der Waals surface area contributed by atoms with Crippen LogP contribution in [0.5, 0.6) is 0 Å². The minimum absolute atomic E-state index is 0.136. The van der Waals surface area contributed by atoms with Gasteiger partial charge in [0.1, 0.15) is 0 Å². The first-order valence-corrected chi connectivity index (χ1v) is 7.01. The van der Waals surface area contributed by atoms with E-state index in [0.717, 1.165) is 11.3 Å². The van der Waals surface area contributed by atoms with E-state index in [1.165, 1.54) is 0 Å². The molecule has 4 nitrogen and oxygen atoms in total. The Morgan fingerprint density at radius 3 is 2.94 bits per heavy atom. The molecule has 0 spiro atoms. The summed E-state index contributed by atoms with van der Waals surface area (Å²) in [5.74, 6) is -0.253. The van der Waals surface area contributed by atoms with Gasteiger partial charge in [-0.25, -0.2) is 0 Å². The van der Waals surface area contributed by atoms with Gasteiger partial charge in [0.25, 0.3) is 5.91 Å². The van der Waals surface area contributed by atoms with Gasteiger partial charge < -0.3 is 10.3 Å². The quantitative estimate of drug-likeness (QED) is 0.897. The molecule has 1 aromatic heterocycles. The van der Waals surface area contributed by atoms with E-state index in [1.807, 2.05) is 0 Å². The second kappa shape index (κ2) is 5.69. The van der Waals surface area contributed by atoms with Crippen molar-refractivity contribution in [2.45, 2.75) is 6.54 Å². The molecule has 2 aromatic rings. The first-order valence-electron chi connectivity index (χ1n) is 4.96. The number of H-pyrrole nitrogens is 1. The molecule has 1 heterocycles. The van der Waals surface area contributed by atoms with Crippen LogP contribution in [0, 0.1) is 0 Å². The molecule has 0 radical (unpaired) electrons. The third kappa shape index (κ3) is 3.22. The van der Waals surface area contributed by atoms with Crippen molar-refractivity contribution in [3.8, 4) is 0 Å². The zero-order valence-electron chi connectivity index (χ0n) is 9.00. The van der Waals surface area contributed by atoms with Crippen LogP contribution in [-0.4, -0.2) is 10.9 Å². The Morgan fingerprint density at radius 2 is 2.28 bits per heavy atom. The molecule has 0 saturated carbocycles. The normalized spacial score (nSPS) is 10.3. The highest BCUT2D eigenvalue weighted by molar-refractivity contribution is 9.10. The number of nitrogens with one attached hydrogen (secondary N) is 2. The molecular formula is C11H8BrClN2O2S. The summed E-state index contributed by atoms with van der Waals surface area (Å²) < 4.78 is 0.670. The topological polar surface area (TPSA) is 62.0 Å². The highest BCUT2D eigenvalue weighted by atomic mass is 79.9. The third-order valence-electron chi connectivity index (χ3n) is 2.18. The highest BCUT2D eigenvalue weighted by Crippen LogP contribution is 2.21. The molecule has 18 heavy (non-hydrogen) atoms. The lowest BCUT2D eigenvalue weighted by Gasteiger charge is -2.06. The van der Waals surface area contributed by atoms with Crippen molar-refractivity contribution < 1.29 is 4.79 Å². The van der Waals surface area contributed by atoms with Gasteiger partial charge in [0, 0.05) is 20.6 Å². The van der Waals surface area contributed by atoms with Gasteiger partial charge in [-0.1, -0.05) is 22.9 Å². The monoisotopic (exact) mass is 346 g/mol. The van der Waals surface area contributed by atoms with Crippen LogP contribution >= 0.6 is 38.9 Å². The molecule has 0 bridgehead atoms. The molecule has 0 atom stereocenters. The molecular weight excluding hydrogens is 340 g/mol. The van der Waals surface area contributed by atoms with Gasteiger partial charge in [0.05, 0.1) is 12.1 Å². The van der Waals surface area contributed by atoms with E-state index in [9.17, 15) is 9.59 Å². The van der Waals surface area contributed by atoms with Crippen LogP contribution in [0.25, 0.3) is 0 Å². The lowest BCUT2D eigenvalue weighted by Crippen LogP contribution is -2.23. The van der Waals surface area contributed by atoms with Crippen molar-refractivity contribution in [3.63, 3.8) is 0 Å². The minimum atomic E-state index is -0.253. The number of carbonyl (C=O) groups excluding carboxylic acids is 1. The fourth-order valence-electron chi connectivity index (χ4n) is 1.34. The largest absolute Gasteiger partial charge is 0.346 e. The Labute approximate surface area is 120 Å². The summed E-state index contributed by atoms with van der Waals surface area (Å²) in [7, 11) is 0. The number of aromatic nitrogens is 1. The Kier molecular flexibility index (Phi) is 4.21. The third-order valence-corrected chi connectivity index (χ3v) is 3.83. The SMILES string of the molecule is O=C(NCc1csc(=O)[nH]1)c1cc(Cl)ccc1Br. The van der Waals surface area contributed by atoms with E-state index < -0.39 is 0 Å². The molecule has 2 N–H and O–H groups in total. The predicted octanol–water partition coefficient (Wildman–Crippen LogP) is 2.78. The summed E-state index contributed by atoms with van der Waals surface area (Å²) in [6.07, 6.45) is 0.